The molecule has 2 aromatic carbocycles. The van der Waals surface area contributed by atoms with E-state index in [1.54, 1.807) is 18.2 Å². The van der Waals surface area contributed by atoms with Gasteiger partial charge in [-0.2, -0.15) is 5.26 Å². The van der Waals surface area contributed by atoms with Gasteiger partial charge < -0.3 is 4.74 Å². The fourth-order valence-corrected chi connectivity index (χ4v) is 4.62. The first-order valence-corrected chi connectivity index (χ1v) is 10.3. The number of nitrogens with zero attached hydrogens (tertiary/aromatic N) is 2. The van der Waals surface area contributed by atoms with Gasteiger partial charge in [-0.3, -0.25) is 14.9 Å². The van der Waals surface area contributed by atoms with Crippen LogP contribution in [-0.4, -0.2) is 23.5 Å². The first-order valence-electron chi connectivity index (χ1n) is 7.98. The average molecular weight is 586 g/mol. The third-order valence-electron chi connectivity index (χ3n) is 3.81. The Balaban J connectivity index is 2.01. The SMILES string of the molecule is N#CCOc1c(Br)cc(/C=C2\C(=O)NC(=S)N(c3ccccc3F)C2=O)cc1I. The molecule has 1 aliphatic heterocycles. The maximum absolute atomic E-state index is 14.2. The Morgan fingerprint density at radius 3 is 2.72 bits per heavy atom. The van der Waals surface area contributed by atoms with Crippen molar-refractivity contribution >= 4 is 79.4 Å². The number of hydrogen-bond acceptors (Lipinski definition) is 5. The largest absolute Gasteiger partial charge is 0.476 e. The number of carbonyl (C=O) groups is 2. The van der Waals surface area contributed by atoms with Crippen molar-refractivity contribution in [2.75, 3.05) is 11.5 Å². The van der Waals surface area contributed by atoms with Crippen molar-refractivity contribution in [3.63, 3.8) is 0 Å². The van der Waals surface area contributed by atoms with Crippen molar-refractivity contribution in [3.05, 3.63) is 61.4 Å². The minimum absolute atomic E-state index is 0.0515. The number of ether oxygens (including phenoxy) is 1. The van der Waals surface area contributed by atoms with Crippen LogP contribution in [0.5, 0.6) is 5.75 Å². The molecule has 1 saturated heterocycles. The topological polar surface area (TPSA) is 82.4 Å². The van der Waals surface area contributed by atoms with Crippen LogP contribution < -0.4 is 15.0 Å². The lowest BCUT2D eigenvalue weighted by Gasteiger charge is -2.29. The molecule has 10 heteroatoms. The molecule has 6 nitrogen and oxygen atoms in total. The highest BCUT2D eigenvalue weighted by atomic mass is 127. The number of nitriles is 1. The van der Waals surface area contributed by atoms with E-state index in [9.17, 15) is 14.0 Å². The van der Waals surface area contributed by atoms with Crippen molar-refractivity contribution in [3.8, 4) is 11.8 Å². The second kappa shape index (κ2) is 8.98. The normalized spacial score (nSPS) is 15.3. The molecule has 1 heterocycles. The number of benzene rings is 2. The van der Waals surface area contributed by atoms with Gasteiger partial charge in [-0.15, -0.1) is 0 Å². The highest BCUT2D eigenvalue weighted by Gasteiger charge is 2.35. The van der Waals surface area contributed by atoms with Crippen LogP contribution in [0.3, 0.4) is 0 Å². The monoisotopic (exact) mass is 585 g/mol. The van der Waals surface area contributed by atoms with Crippen molar-refractivity contribution in [1.82, 2.24) is 5.32 Å². The summed E-state index contributed by atoms with van der Waals surface area (Å²) in [5.74, 6) is -1.58. The Labute approximate surface area is 192 Å². The van der Waals surface area contributed by atoms with Gasteiger partial charge in [0.15, 0.2) is 11.7 Å². The lowest BCUT2D eigenvalue weighted by atomic mass is 10.1. The molecular weight excluding hydrogens is 576 g/mol. The molecule has 2 aromatic rings. The second-order valence-electron chi connectivity index (χ2n) is 5.67. The quantitative estimate of drug-likeness (QED) is 0.254. The van der Waals surface area contributed by atoms with E-state index >= 15 is 0 Å². The molecule has 2 amide bonds. The summed E-state index contributed by atoms with van der Waals surface area (Å²) in [4.78, 5) is 26.3. The number of thiocarbonyl (C=S) groups is 1. The standard InChI is InChI=1S/C19H10BrFIN3O3S/c20-12-8-10(9-14(22)16(12)28-6-5-23)7-11-17(26)24-19(29)25(18(11)27)15-4-2-1-3-13(15)21/h1-4,7-9H,6H2,(H,24,26,29)/b11-7+. The van der Waals surface area contributed by atoms with Crippen LogP contribution in [0.4, 0.5) is 10.1 Å². The maximum Gasteiger partial charge on any atom is 0.270 e. The number of anilines is 1. The van der Waals surface area contributed by atoms with Crippen LogP contribution >= 0.6 is 50.7 Å². The molecule has 0 bridgehead atoms. The first kappa shape index (κ1) is 21.4. The van der Waals surface area contributed by atoms with E-state index in [0.717, 1.165) is 4.90 Å². The fourth-order valence-electron chi connectivity index (χ4n) is 2.58. The number of halogens is 3. The zero-order valence-electron chi connectivity index (χ0n) is 14.4. The minimum atomic E-state index is -0.736. The molecule has 0 unspecified atom stereocenters. The van der Waals surface area contributed by atoms with Gasteiger partial charge in [-0.1, -0.05) is 12.1 Å². The molecule has 1 aliphatic rings. The zero-order valence-corrected chi connectivity index (χ0v) is 19.0. The summed E-state index contributed by atoms with van der Waals surface area (Å²) in [5, 5.41) is 10.9. The number of nitrogens with one attached hydrogen (secondary N) is 1. The molecule has 1 fully saturated rings. The summed E-state index contributed by atoms with van der Waals surface area (Å²) in [7, 11) is 0. The van der Waals surface area contributed by atoms with Crippen LogP contribution in [-0.2, 0) is 9.59 Å². The van der Waals surface area contributed by atoms with Crippen LogP contribution in [0, 0.1) is 20.7 Å². The van der Waals surface area contributed by atoms with Gasteiger partial charge in [-0.25, -0.2) is 9.29 Å². The van der Waals surface area contributed by atoms with E-state index in [1.807, 2.05) is 28.7 Å². The van der Waals surface area contributed by atoms with Crippen molar-refractivity contribution in [2.24, 2.45) is 0 Å². The molecule has 29 heavy (non-hydrogen) atoms. The number of amides is 2. The molecule has 0 radical (unpaired) electrons. The Hall–Kier alpha value is -2.36. The van der Waals surface area contributed by atoms with Gasteiger partial charge >= 0.3 is 0 Å². The minimum Gasteiger partial charge on any atom is -0.476 e. The van der Waals surface area contributed by atoms with Gasteiger partial charge in [0, 0.05) is 0 Å². The Morgan fingerprint density at radius 2 is 2.07 bits per heavy atom. The third kappa shape index (κ3) is 4.47. The Morgan fingerprint density at radius 1 is 1.34 bits per heavy atom. The van der Waals surface area contributed by atoms with Gasteiger partial charge in [0.1, 0.15) is 23.2 Å². The number of rotatable bonds is 4. The molecule has 0 saturated carbocycles. The molecular formula is C19H10BrFIN3O3S. The van der Waals surface area contributed by atoms with Crippen molar-refractivity contribution in [2.45, 2.75) is 0 Å². The van der Waals surface area contributed by atoms with Gasteiger partial charge in [0.2, 0.25) is 0 Å². The van der Waals surface area contributed by atoms with Gasteiger partial charge in [-0.05, 0) is 86.6 Å². The smallest absolute Gasteiger partial charge is 0.270 e. The molecule has 146 valence electrons. The second-order valence-corrected chi connectivity index (χ2v) is 8.07. The maximum atomic E-state index is 14.2. The Kier molecular flexibility index (Phi) is 6.61. The van der Waals surface area contributed by atoms with E-state index in [-0.39, 0.29) is 23.0 Å². The zero-order chi connectivity index (χ0) is 21.1. The number of para-hydroxylation sites is 1. The molecule has 0 atom stereocenters. The van der Waals surface area contributed by atoms with E-state index in [1.165, 1.54) is 24.3 Å². The van der Waals surface area contributed by atoms with Crippen LogP contribution in [0.1, 0.15) is 5.56 Å². The lowest BCUT2D eigenvalue weighted by Crippen LogP contribution is -2.54. The van der Waals surface area contributed by atoms with Gasteiger partial charge in [0.25, 0.3) is 11.8 Å². The average Bonchev–Trinajstić information content (AvgIpc) is 2.66. The van der Waals surface area contributed by atoms with Gasteiger partial charge in [0.05, 0.1) is 13.7 Å². The number of carbonyl (C=O) groups excluding carboxylic acids is 2. The van der Waals surface area contributed by atoms with Crippen LogP contribution in [0.2, 0.25) is 0 Å². The molecule has 1 N–H and O–H groups in total. The molecule has 0 aromatic heterocycles. The van der Waals surface area contributed by atoms with Crippen LogP contribution in [0.15, 0.2) is 46.4 Å². The number of hydrogen-bond donors (Lipinski definition) is 1. The van der Waals surface area contributed by atoms with E-state index in [2.05, 4.69) is 21.2 Å². The van der Waals surface area contributed by atoms with E-state index < -0.39 is 17.6 Å². The summed E-state index contributed by atoms with van der Waals surface area (Å²) in [6, 6.07) is 10.9. The molecule has 3 rings (SSSR count). The highest BCUT2D eigenvalue weighted by Crippen LogP contribution is 2.33. The fraction of sp³-hybridized carbons (Fsp3) is 0.0526. The molecule has 0 aliphatic carbocycles. The van der Waals surface area contributed by atoms with Crippen molar-refractivity contribution < 1.29 is 18.7 Å². The summed E-state index contributed by atoms with van der Waals surface area (Å²) >= 11 is 10.4. The first-order chi connectivity index (χ1) is 13.8. The predicted octanol–water partition coefficient (Wildman–Crippen LogP) is 3.93. The van der Waals surface area contributed by atoms with Crippen LogP contribution in [0.25, 0.3) is 6.08 Å². The summed E-state index contributed by atoms with van der Waals surface area (Å²) in [6.45, 7) is -0.120. The lowest BCUT2D eigenvalue weighted by molar-refractivity contribution is -0.122. The highest BCUT2D eigenvalue weighted by molar-refractivity contribution is 14.1. The Bertz CT molecular complexity index is 1090. The van der Waals surface area contributed by atoms with E-state index in [0.29, 0.717) is 19.4 Å². The summed E-state index contributed by atoms with van der Waals surface area (Å²) < 4.78 is 20.8. The molecule has 0 spiro atoms. The van der Waals surface area contributed by atoms with Crippen molar-refractivity contribution in [1.29, 1.82) is 5.26 Å². The summed E-state index contributed by atoms with van der Waals surface area (Å²) in [5.41, 5.74) is 0.282. The van der Waals surface area contributed by atoms with E-state index in [4.69, 9.17) is 22.2 Å². The predicted molar refractivity (Wildman–Crippen MR) is 121 cm³/mol. The summed E-state index contributed by atoms with van der Waals surface area (Å²) in [6.07, 6.45) is 1.38. The third-order valence-corrected chi connectivity index (χ3v) is 5.48.